The maximum Gasteiger partial charge on any atom is 0.307 e. The fourth-order valence-corrected chi connectivity index (χ4v) is 2.04. The van der Waals surface area contributed by atoms with Crippen molar-refractivity contribution in [1.29, 1.82) is 0 Å². The van der Waals surface area contributed by atoms with E-state index in [0.717, 1.165) is 23.1 Å². The highest BCUT2D eigenvalue weighted by molar-refractivity contribution is 5.77. The van der Waals surface area contributed by atoms with Crippen molar-refractivity contribution in [3.05, 3.63) is 36.1 Å². The predicted molar refractivity (Wildman–Crippen MR) is 69.3 cm³/mol. The molecule has 18 heavy (non-hydrogen) atoms. The summed E-state index contributed by atoms with van der Waals surface area (Å²) >= 11 is 0. The van der Waals surface area contributed by atoms with Crippen LogP contribution in [0, 0.1) is 5.92 Å². The fraction of sp³-hybridized carbons (Fsp3) is 0.357. The van der Waals surface area contributed by atoms with Gasteiger partial charge in [0.25, 0.3) is 0 Å². The molecule has 4 heteroatoms. The Kier molecular flexibility index (Phi) is 3.67. The zero-order chi connectivity index (χ0) is 13.1. The van der Waals surface area contributed by atoms with Crippen LogP contribution in [0.4, 0.5) is 0 Å². The molecule has 1 aromatic carbocycles. The molecule has 1 heterocycles. The van der Waals surface area contributed by atoms with Crippen LogP contribution in [0.2, 0.25) is 0 Å². The maximum atomic E-state index is 10.8. The van der Waals surface area contributed by atoms with Crippen molar-refractivity contribution in [3.63, 3.8) is 0 Å². The van der Waals surface area contributed by atoms with Crippen LogP contribution in [0.3, 0.4) is 0 Å². The molecular formula is C14H17NO3. The highest BCUT2D eigenvalue weighted by atomic mass is 16.4. The lowest BCUT2D eigenvalue weighted by molar-refractivity contribution is -0.141. The van der Waals surface area contributed by atoms with Gasteiger partial charge in [0.05, 0.1) is 12.2 Å². The molecule has 2 aromatic rings. The van der Waals surface area contributed by atoms with E-state index < -0.39 is 5.97 Å². The number of furan rings is 1. The van der Waals surface area contributed by atoms with E-state index in [0.29, 0.717) is 6.54 Å². The molecule has 0 aliphatic heterocycles. The Labute approximate surface area is 106 Å². The van der Waals surface area contributed by atoms with Crippen molar-refractivity contribution in [1.82, 2.24) is 4.90 Å². The average molecular weight is 247 g/mol. The minimum absolute atomic E-state index is 0.354. The van der Waals surface area contributed by atoms with Crippen LogP contribution in [-0.4, -0.2) is 29.6 Å². The number of aliphatic carboxylic acids is 1. The standard InChI is InChI=1S/C14H17NO3/c1-10(14(16)17)8-15(2)9-11-3-4-13-12(7-11)5-6-18-13/h3-7,10H,8-9H2,1-2H3,(H,16,17). The van der Waals surface area contributed by atoms with Crippen LogP contribution in [0.5, 0.6) is 0 Å². The Morgan fingerprint density at radius 3 is 2.94 bits per heavy atom. The first-order valence-electron chi connectivity index (χ1n) is 5.94. The Bertz CT molecular complexity index is 547. The summed E-state index contributed by atoms with van der Waals surface area (Å²) in [6, 6.07) is 7.95. The summed E-state index contributed by atoms with van der Waals surface area (Å²) < 4.78 is 5.28. The number of hydrogen-bond donors (Lipinski definition) is 1. The van der Waals surface area contributed by atoms with Gasteiger partial charge in [-0.2, -0.15) is 0 Å². The van der Waals surface area contributed by atoms with Gasteiger partial charge < -0.3 is 14.4 Å². The van der Waals surface area contributed by atoms with E-state index in [9.17, 15) is 4.79 Å². The van der Waals surface area contributed by atoms with Gasteiger partial charge >= 0.3 is 5.97 Å². The molecule has 0 bridgehead atoms. The molecule has 96 valence electrons. The molecule has 1 unspecified atom stereocenters. The fourth-order valence-electron chi connectivity index (χ4n) is 2.04. The van der Waals surface area contributed by atoms with Crippen molar-refractivity contribution in [2.24, 2.45) is 5.92 Å². The van der Waals surface area contributed by atoms with Crippen molar-refractivity contribution < 1.29 is 14.3 Å². The highest BCUT2D eigenvalue weighted by Gasteiger charge is 2.13. The predicted octanol–water partition coefficient (Wildman–Crippen LogP) is 2.59. The molecule has 0 fully saturated rings. The smallest absolute Gasteiger partial charge is 0.307 e. The van der Waals surface area contributed by atoms with Gasteiger partial charge in [0.2, 0.25) is 0 Å². The van der Waals surface area contributed by atoms with Gasteiger partial charge in [0.15, 0.2) is 0 Å². The Balaban J connectivity index is 2.01. The lowest BCUT2D eigenvalue weighted by Gasteiger charge is -2.19. The number of benzene rings is 1. The number of fused-ring (bicyclic) bond motifs is 1. The second-order valence-electron chi connectivity index (χ2n) is 4.73. The maximum absolute atomic E-state index is 10.8. The minimum atomic E-state index is -0.757. The molecule has 4 nitrogen and oxygen atoms in total. The Morgan fingerprint density at radius 1 is 1.44 bits per heavy atom. The topological polar surface area (TPSA) is 53.7 Å². The third kappa shape index (κ3) is 2.90. The van der Waals surface area contributed by atoms with Crippen LogP contribution in [0.15, 0.2) is 34.9 Å². The molecule has 0 aliphatic rings. The minimum Gasteiger partial charge on any atom is -0.481 e. The van der Waals surface area contributed by atoms with Gasteiger partial charge in [-0.05, 0) is 30.8 Å². The van der Waals surface area contributed by atoms with Gasteiger partial charge in [0, 0.05) is 18.5 Å². The summed E-state index contributed by atoms with van der Waals surface area (Å²) in [5, 5.41) is 9.95. The van der Waals surface area contributed by atoms with E-state index >= 15 is 0 Å². The van der Waals surface area contributed by atoms with E-state index in [1.807, 2.05) is 30.1 Å². The second-order valence-corrected chi connectivity index (χ2v) is 4.73. The molecule has 0 spiro atoms. The van der Waals surface area contributed by atoms with Crippen molar-refractivity contribution in [2.75, 3.05) is 13.6 Å². The summed E-state index contributed by atoms with van der Waals surface area (Å²) in [7, 11) is 1.93. The van der Waals surface area contributed by atoms with Gasteiger partial charge in [-0.25, -0.2) is 0 Å². The summed E-state index contributed by atoms with van der Waals surface area (Å²) in [5.41, 5.74) is 2.03. The lowest BCUT2D eigenvalue weighted by Crippen LogP contribution is -2.28. The van der Waals surface area contributed by atoms with Crippen LogP contribution in [-0.2, 0) is 11.3 Å². The first-order valence-corrected chi connectivity index (χ1v) is 5.94. The van der Waals surface area contributed by atoms with Crippen LogP contribution in [0.25, 0.3) is 11.0 Å². The van der Waals surface area contributed by atoms with Crippen molar-refractivity contribution >= 4 is 16.9 Å². The third-order valence-electron chi connectivity index (χ3n) is 2.98. The second kappa shape index (κ2) is 5.23. The molecule has 2 rings (SSSR count). The Hall–Kier alpha value is -1.81. The molecular weight excluding hydrogens is 230 g/mol. The van der Waals surface area contributed by atoms with Crippen LogP contribution >= 0.6 is 0 Å². The van der Waals surface area contributed by atoms with E-state index in [1.165, 1.54) is 0 Å². The van der Waals surface area contributed by atoms with E-state index in [2.05, 4.69) is 6.07 Å². The molecule has 1 aromatic heterocycles. The molecule has 0 amide bonds. The van der Waals surface area contributed by atoms with Crippen molar-refractivity contribution in [2.45, 2.75) is 13.5 Å². The zero-order valence-corrected chi connectivity index (χ0v) is 10.6. The summed E-state index contributed by atoms with van der Waals surface area (Å²) in [6.07, 6.45) is 1.67. The van der Waals surface area contributed by atoms with E-state index in [1.54, 1.807) is 13.2 Å². The van der Waals surface area contributed by atoms with E-state index in [-0.39, 0.29) is 5.92 Å². The molecule has 1 atom stereocenters. The number of carboxylic acid groups (broad SMARTS) is 1. The first kappa shape index (κ1) is 12.6. The van der Waals surface area contributed by atoms with Gasteiger partial charge in [-0.15, -0.1) is 0 Å². The largest absolute Gasteiger partial charge is 0.481 e. The van der Waals surface area contributed by atoms with Gasteiger partial charge in [-0.3, -0.25) is 4.79 Å². The quantitative estimate of drug-likeness (QED) is 0.882. The number of hydrogen-bond acceptors (Lipinski definition) is 3. The van der Waals surface area contributed by atoms with Crippen LogP contribution in [0.1, 0.15) is 12.5 Å². The Morgan fingerprint density at radius 2 is 2.22 bits per heavy atom. The van der Waals surface area contributed by atoms with Gasteiger partial charge in [0.1, 0.15) is 5.58 Å². The number of carboxylic acids is 1. The van der Waals surface area contributed by atoms with Crippen LogP contribution < -0.4 is 0 Å². The monoisotopic (exact) mass is 247 g/mol. The average Bonchev–Trinajstić information content (AvgIpc) is 2.75. The van der Waals surface area contributed by atoms with Gasteiger partial charge in [-0.1, -0.05) is 13.0 Å². The number of carbonyl (C=O) groups is 1. The normalized spacial score (nSPS) is 13.1. The molecule has 0 aliphatic carbocycles. The number of nitrogens with zero attached hydrogens (tertiary/aromatic N) is 1. The molecule has 1 N–H and O–H groups in total. The molecule has 0 saturated carbocycles. The SMILES string of the molecule is CC(CN(C)Cc1ccc2occc2c1)C(=O)O. The highest BCUT2D eigenvalue weighted by Crippen LogP contribution is 2.18. The number of rotatable bonds is 5. The lowest BCUT2D eigenvalue weighted by atomic mass is 10.1. The first-order chi connectivity index (χ1) is 8.56. The summed E-state index contributed by atoms with van der Waals surface area (Å²) in [5.74, 6) is -1.11. The summed E-state index contributed by atoms with van der Waals surface area (Å²) in [4.78, 5) is 12.8. The zero-order valence-electron chi connectivity index (χ0n) is 10.6. The third-order valence-corrected chi connectivity index (χ3v) is 2.98. The van der Waals surface area contributed by atoms with Crippen molar-refractivity contribution in [3.8, 4) is 0 Å². The van der Waals surface area contributed by atoms with E-state index in [4.69, 9.17) is 9.52 Å². The molecule has 0 saturated heterocycles. The molecule has 0 radical (unpaired) electrons. The summed E-state index contributed by atoms with van der Waals surface area (Å²) in [6.45, 7) is 3.00.